The minimum atomic E-state index is 0. The average molecular weight is 678 g/mol. The Morgan fingerprint density at radius 3 is 0.808 bits per heavy atom. The monoisotopic (exact) mass is 677 g/mol. The maximum Gasteiger partial charge on any atom is 0.0546 e. The van der Waals surface area contributed by atoms with Crippen LogP contribution in [0.4, 0.5) is 34.1 Å². The zero-order chi connectivity index (χ0) is 36.3. The van der Waals surface area contributed by atoms with E-state index in [0.29, 0.717) is 0 Å². The highest BCUT2D eigenvalue weighted by atomic mass is 15.2. The Morgan fingerprint density at radius 2 is 0.538 bits per heavy atom. The molecule has 2 nitrogen and oxygen atoms in total. The van der Waals surface area contributed by atoms with Gasteiger partial charge in [0.05, 0.1) is 11.4 Å². The van der Waals surface area contributed by atoms with Gasteiger partial charge in [0.1, 0.15) is 0 Å². The van der Waals surface area contributed by atoms with E-state index in [1.54, 1.807) is 0 Å². The minimum absolute atomic E-state index is 0. The molecule has 0 aliphatic rings. The summed E-state index contributed by atoms with van der Waals surface area (Å²) in [5.74, 6) is 0. The SMILES string of the molecule is Cc1ccc(N(c2ccc(C)c(C)c2)c2cc3c4ccccc4c(N(c4ccc(C)c(C)c4)c4ccc(C)c(C)c4)cc3c3ccccc23)cc1C.[2HH]. The molecule has 0 unspecified atom stereocenters. The average Bonchev–Trinajstić information content (AvgIpc) is 3.14. The lowest BCUT2D eigenvalue weighted by Gasteiger charge is -2.30. The van der Waals surface area contributed by atoms with Gasteiger partial charge in [-0.2, -0.15) is 0 Å². The molecule has 258 valence electrons. The lowest BCUT2D eigenvalue weighted by Crippen LogP contribution is -2.12. The maximum absolute atomic E-state index is 2.46. The van der Waals surface area contributed by atoms with E-state index in [4.69, 9.17) is 0 Å². The van der Waals surface area contributed by atoms with Crippen LogP contribution in [0.1, 0.15) is 45.9 Å². The molecule has 0 heterocycles. The van der Waals surface area contributed by atoms with Crippen LogP contribution >= 0.6 is 0 Å². The van der Waals surface area contributed by atoms with Crippen LogP contribution in [0.15, 0.2) is 133 Å². The molecule has 8 aromatic rings. The quantitative estimate of drug-likeness (QED) is 0.162. The number of anilines is 6. The van der Waals surface area contributed by atoms with Crippen LogP contribution in [0.25, 0.3) is 32.3 Å². The molecule has 52 heavy (non-hydrogen) atoms. The van der Waals surface area contributed by atoms with Crippen molar-refractivity contribution in [3.05, 3.63) is 178 Å². The van der Waals surface area contributed by atoms with Crippen LogP contribution in [-0.2, 0) is 0 Å². The van der Waals surface area contributed by atoms with Gasteiger partial charge in [0.2, 0.25) is 0 Å². The Kier molecular flexibility index (Phi) is 8.35. The van der Waals surface area contributed by atoms with Crippen LogP contribution in [0, 0.1) is 55.4 Å². The Bertz CT molecular complexity index is 2400. The number of fused-ring (bicyclic) bond motifs is 5. The molecule has 0 aromatic heterocycles. The molecule has 2 heteroatoms. The number of rotatable bonds is 6. The van der Waals surface area contributed by atoms with E-state index in [9.17, 15) is 0 Å². The van der Waals surface area contributed by atoms with Crippen LogP contribution in [-0.4, -0.2) is 0 Å². The highest BCUT2D eigenvalue weighted by Gasteiger charge is 2.23. The Hall–Kier alpha value is -5.86. The molecule has 0 saturated heterocycles. The van der Waals surface area contributed by atoms with Crippen molar-refractivity contribution in [1.82, 2.24) is 0 Å². The standard InChI is InChI=1S/C50H46N2.H2/c1-31-17-21-39(25-35(31)5)51(40-22-18-32(2)36(6)26-40)49-29-47-44-14-10-12-16-46(44)50(30-48(47)43-13-9-11-15-45(43)49)52(41-23-19-33(3)37(7)27-41)42-24-20-34(4)38(8)28-42;/h9-30H,1-8H3;1H/i;1+1. The third-order valence-corrected chi connectivity index (χ3v) is 11.3. The highest BCUT2D eigenvalue weighted by Crippen LogP contribution is 2.48. The second kappa shape index (κ2) is 13.0. The zero-order valence-electron chi connectivity index (χ0n) is 31.6. The molecule has 0 spiro atoms. The van der Waals surface area contributed by atoms with Crippen molar-refractivity contribution in [2.24, 2.45) is 0 Å². The summed E-state index contributed by atoms with van der Waals surface area (Å²) in [6, 6.07) is 50.1. The smallest absolute Gasteiger partial charge is 0.0546 e. The number of aryl methyl sites for hydroxylation is 8. The summed E-state index contributed by atoms with van der Waals surface area (Å²) in [4.78, 5) is 4.92. The van der Waals surface area contributed by atoms with Crippen molar-refractivity contribution in [2.75, 3.05) is 9.80 Å². The highest BCUT2D eigenvalue weighted by molar-refractivity contribution is 6.24. The summed E-state index contributed by atoms with van der Waals surface area (Å²) in [6.07, 6.45) is 0. The van der Waals surface area contributed by atoms with Crippen LogP contribution in [0.3, 0.4) is 0 Å². The number of nitrogens with zero attached hydrogens (tertiary/aromatic N) is 2. The predicted octanol–water partition coefficient (Wildman–Crippen LogP) is 14.8. The first-order valence-electron chi connectivity index (χ1n) is 18.4. The van der Waals surface area contributed by atoms with Crippen LogP contribution < -0.4 is 9.80 Å². The van der Waals surface area contributed by atoms with E-state index in [2.05, 4.69) is 199 Å². The molecule has 0 atom stereocenters. The van der Waals surface area contributed by atoms with Gasteiger partial charge in [-0.3, -0.25) is 0 Å². The fourth-order valence-electron chi connectivity index (χ4n) is 7.60. The van der Waals surface area contributed by atoms with Crippen LogP contribution in [0.2, 0.25) is 0 Å². The van der Waals surface area contributed by atoms with Crippen molar-refractivity contribution >= 4 is 66.4 Å². The molecule has 0 saturated carbocycles. The summed E-state index contributed by atoms with van der Waals surface area (Å²) in [5.41, 5.74) is 17.3. The first-order chi connectivity index (χ1) is 25.1. The maximum atomic E-state index is 2.46. The summed E-state index contributed by atoms with van der Waals surface area (Å²) >= 11 is 0. The van der Waals surface area contributed by atoms with Crippen molar-refractivity contribution in [1.29, 1.82) is 0 Å². The number of hydrogen-bond acceptors (Lipinski definition) is 2. The molecular formula is C50H48N2. The van der Waals surface area contributed by atoms with Crippen molar-refractivity contribution in [3.63, 3.8) is 0 Å². The lowest BCUT2D eigenvalue weighted by molar-refractivity contribution is 1.24. The third kappa shape index (κ3) is 5.69. The van der Waals surface area contributed by atoms with Gasteiger partial charge in [-0.1, -0.05) is 72.8 Å². The van der Waals surface area contributed by atoms with Gasteiger partial charge < -0.3 is 9.80 Å². The Labute approximate surface area is 310 Å². The number of hydrogen-bond donors (Lipinski definition) is 0. The van der Waals surface area contributed by atoms with Crippen molar-refractivity contribution < 1.29 is 1.43 Å². The molecule has 0 fully saturated rings. The number of benzene rings is 8. The minimum Gasteiger partial charge on any atom is -0.310 e. The van der Waals surface area contributed by atoms with Gasteiger partial charge >= 0.3 is 0 Å². The van der Waals surface area contributed by atoms with E-state index < -0.39 is 0 Å². The molecule has 0 aliphatic carbocycles. The third-order valence-electron chi connectivity index (χ3n) is 11.3. The van der Waals surface area contributed by atoms with Gasteiger partial charge in [-0.05, 0) is 182 Å². The van der Waals surface area contributed by atoms with E-state index in [1.165, 1.54) is 88.2 Å². The van der Waals surface area contributed by atoms with E-state index >= 15 is 0 Å². The summed E-state index contributed by atoms with van der Waals surface area (Å²) in [5, 5.41) is 7.39. The summed E-state index contributed by atoms with van der Waals surface area (Å²) in [6.45, 7) is 17.6. The predicted molar refractivity (Wildman–Crippen MR) is 228 cm³/mol. The first-order valence-corrected chi connectivity index (χ1v) is 18.4. The van der Waals surface area contributed by atoms with E-state index in [-0.39, 0.29) is 1.43 Å². The Morgan fingerprint density at radius 1 is 0.269 bits per heavy atom. The van der Waals surface area contributed by atoms with E-state index in [1.807, 2.05) is 0 Å². The lowest BCUT2D eigenvalue weighted by atomic mass is 9.93. The molecule has 8 aromatic carbocycles. The van der Waals surface area contributed by atoms with E-state index in [0.717, 1.165) is 22.7 Å². The normalized spacial score (nSPS) is 11.5. The fraction of sp³-hybridized carbons (Fsp3) is 0.160. The second-order valence-electron chi connectivity index (χ2n) is 14.7. The van der Waals surface area contributed by atoms with Gasteiger partial charge in [-0.15, -0.1) is 0 Å². The van der Waals surface area contributed by atoms with Gasteiger partial charge in [-0.25, -0.2) is 0 Å². The molecular weight excluding hydrogens is 629 g/mol. The molecule has 0 radical (unpaired) electrons. The van der Waals surface area contributed by atoms with Gasteiger partial charge in [0, 0.05) is 34.9 Å². The van der Waals surface area contributed by atoms with Gasteiger partial charge in [0.25, 0.3) is 0 Å². The van der Waals surface area contributed by atoms with Crippen LogP contribution in [0.5, 0.6) is 0 Å². The largest absolute Gasteiger partial charge is 0.310 e. The topological polar surface area (TPSA) is 6.48 Å². The first kappa shape index (κ1) is 33.3. The Balaban J connectivity index is 0.00000435. The molecule has 0 bridgehead atoms. The molecule has 0 amide bonds. The van der Waals surface area contributed by atoms with Crippen molar-refractivity contribution in [2.45, 2.75) is 55.4 Å². The molecule has 0 N–H and O–H groups in total. The summed E-state index contributed by atoms with van der Waals surface area (Å²) in [7, 11) is 0. The van der Waals surface area contributed by atoms with Crippen molar-refractivity contribution in [3.8, 4) is 0 Å². The fourth-order valence-corrected chi connectivity index (χ4v) is 7.60. The molecule has 0 aliphatic heterocycles. The van der Waals surface area contributed by atoms with Gasteiger partial charge in [0.15, 0.2) is 0 Å². The zero-order valence-corrected chi connectivity index (χ0v) is 31.6. The molecule has 8 rings (SSSR count). The second-order valence-corrected chi connectivity index (χ2v) is 14.7. The summed E-state index contributed by atoms with van der Waals surface area (Å²) < 4.78 is 0.